The van der Waals surface area contributed by atoms with E-state index in [9.17, 15) is 9.59 Å². The van der Waals surface area contributed by atoms with Crippen LogP contribution in [0.1, 0.15) is 18.1 Å². The molecule has 0 radical (unpaired) electrons. The number of hydrogen-bond acceptors (Lipinski definition) is 4. The van der Waals surface area contributed by atoms with E-state index in [-0.39, 0.29) is 12.5 Å². The van der Waals surface area contributed by atoms with Gasteiger partial charge in [0.1, 0.15) is 5.58 Å². The standard InChI is InChI=1S/C21H19Cl3N2O3/c1-3-12-7-18-14(9-17(12)24)13(8-20(28)29-18)10-26(2)11-19(27)25-21-15(22)5-4-6-16(21)23/h4-9H,3,10-11H2,1-2H3,(H,25,27). The highest BCUT2D eigenvalue weighted by Gasteiger charge is 2.15. The fourth-order valence-electron chi connectivity index (χ4n) is 3.08. The van der Waals surface area contributed by atoms with Crippen molar-refractivity contribution in [2.24, 2.45) is 0 Å². The summed E-state index contributed by atoms with van der Waals surface area (Å²) in [6, 6.07) is 10.0. The Morgan fingerprint density at radius 1 is 1.07 bits per heavy atom. The fraction of sp³-hybridized carbons (Fsp3) is 0.238. The largest absolute Gasteiger partial charge is 0.423 e. The number of halogens is 3. The van der Waals surface area contributed by atoms with E-state index in [0.717, 1.165) is 22.9 Å². The highest BCUT2D eigenvalue weighted by atomic mass is 35.5. The van der Waals surface area contributed by atoms with E-state index in [1.165, 1.54) is 6.07 Å². The molecule has 5 nitrogen and oxygen atoms in total. The lowest BCUT2D eigenvalue weighted by molar-refractivity contribution is -0.117. The Kier molecular flexibility index (Phi) is 6.85. The molecular formula is C21H19Cl3N2O3. The first-order valence-corrected chi connectivity index (χ1v) is 10.1. The molecule has 152 valence electrons. The van der Waals surface area contributed by atoms with Gasteiger partial charge in [0.05, 0.1) is 22.3 Å². The van der Waals surface area contributed by atoms with Crippen molar-refractivity contribution < 1.29 is 9.21 Å². The van der Waals surface area contributed by atoms with Crippen LogP contribution in [-0.2, 0) is 17.8 Å². The van der Waals surface area contributed by atoms with Gasteiger partial charge in [0.25, 0.3) is 0 Å². The molecule has 1 heterocycles. The van der Waals surface area contributed by atoms with Crippen molar-refractivity contribution in [1.82, 2.24) is 4.90 Å². The Labute approximate surface area is 183 Å². The molecule has 0 aliphatic carbocycles. The Hall–Kier alpha value is -2.05. The highest BCUT2D eigenvalue weighted by Crippen LogP contribution is 2.30. The van der Waals surface area contributed by atoms with Crippen molar-refractivity contribution in [2.45, 2.75) is 19.9 Å². The molecule has 1 amide bonds. The van der Waals surface area contributed by atoms with Gasteiger partial charge in [-0.25, -0.2) is 4.79 Å². The van der Waals surface area contributed by atoms with Crippen LogP contribution >= 0.6 is 34.8 Å². The van der Waals surface area contributed by atoms with E-state index in [0.29, 0.717) is 32.9 Å². The van der Waals surface area contributed by atoms with E-state index < -0.39 is 5.63 Å². The predicted octanol–water partition coefficient (Wildman–Crippen LogP) is 5.39. The van der Waals surface area contributed by atoms with Crippen molar-refractivity contribution in [2.75, 3.05) is 18.9 Å². The Morgan fingerprint density at radius 2 is 1.76 bits per heavy atom. The number of carbonyl (C=O) groups is 1. The van der Waals surface area contributed by atoms with Gasteiger partial charge in [-0.05, 0) is 48.9 Å². The molecule has 0 spiro atoms. The number of nitrogens with one attached hydrogen (secondary N) is 1. The normalized spacial score (nSPS) is 11.2. The summed E-state index contributed by atoms with van der Waals surface area (Å²) in [4.78, 5) is 26.2. The zero-order chi connectivity index (χ0) is 21.1. The molecule has 1 aromatic heterocycles. The maximum Gasteiger partial charge on any atom is 0.336 e. The Bertz CT molecular complexity index is 1110. The number of para-hydroxylation sites is 1. The number of fused-ring (bicyclic) bond motifs is 1. The third kappa shape index (κ3) is 5.11. The van der Waals surface area contributed by atoms with Crippen LogP contribution in [-0.4, -0.2) is 24.4 Å². The molecule has 3 aromatic rings. The monoisotopic (exact) mass is 452 g/mol. The summed E-state index contributed by atoms with van der Waals surface area (Å²) < 4.78 is 5.33. The Balaban J connectivity index is 1.79. The van der Waals surface area contributed by atoms with Crippen molar-refractivity contribution >= 4 is 57.4 Å². The van der Waals surface area contributed by atoms with Crippen LogP contribution in [0.4, 0.5) is 5.69 Å². The first-order valence-electron chi connectivity index (χ1n) is 8.96. The number of hydrogen-bond donors (Lipinski definition) is 1. The molecule has 0 fully saturated rings. The van der Waals surface area contributed by atoms with Crippen LogP contribution in [0.2, 0.25) is 15.1 Å². The van der Waals surface area contributed by atoms with Gasteiger partial charge in [-0.3, -0.25) is 9.69 Å². The fourth-order valence-corrected chi connectivity index (χ4v) is 3.87. The third-order valence-corrected chi connectivity index (χ3v) is 5.44. The zero-order valence-electron chi connectivity index (χ0n) is 15.9. The number of aryl methyl sites for hydroxylation is 1. The second kappa shape index (κ2) is 9.18. The van der Waals surface area contributed by atoms with Crippen molar-refractivity contribution in [3.05, 3.63) is 73.0 Å². The lowest BCUT2D eigenvalue weighted by atomic mass is 10.1. The van der Waals surface area contributed by atoms with Crippen molar-refractivity contribution in [3.63, 3.8) is 0 Å². The minimum Gasteiger partial charge on any atom is -0.423 e. The average Bonchev–Trinajstić information content (AvgIpc) is 2.64. The maximum absolute atomic E-state index is 12.4. The average molecular weight is 454 g/mol. The molecule has 0 unspecified atom stereocenters. The van der Waals surface area contributed by atoms with Crippen LogP contribution < -0.4 is 10.9 Å². The number of nitrogens with zero attached hydrogens (tertiary/aromatic N) is 1. The minimum absolute atomic E-state index is 0.0735. The Morgan fingerprint density at radius 3 is 2.41 bits per heavy atom. The molecule has 2 aromatic carbocycles. The molecular weight excluding hydrogens is 435 g/mol. The lowest BCUT2D eigenvalue weighted by Crippen LogP contribution is -2.30. The number of benzene rings is 2. The summed E-state index contributed by atoms with van der Waals surface area (Å²) in [5, 5.41) is 4.81. The van der Waals surface area contributed by atoms with Crippen LogP contribution in [0.5, 0.6) is 0 Å². The summed E-state index contributed by atoms with van der Waals surface area (Å²) in [6.45, 7) is 2.41. The van der Waals surface area contributed by atoms with E-state index in [1.54, 1.807) is 42.3 Å². The van der Waals surface area contributed by atoms with Crippen molar-refractivity contribution in [1.29, 1.82) is 0 Å². The molecule has 0 saturated carbocycles. The second-order valence-corrected chi connectivity index (χ2v) is 7.92. The summed E-state index contributed by atoms with van der Waals surface area (Å²) in [6.07, 6.45) is 0.730. The van der Waals surface area contributed by atoms with Gasteiger partial charge < -0.3 is 9.73 Å². The minimum atomic E-state index is -0.447. The molecule has 29 heavy (non-hydrogen) atoms. The van der Waals surface area contributed by atoms with Gasteiger partial charge in [0.15, 0.2) is 0 Å². The SMILES string of the molecule is CCc1cc2oc(=O)cc(CN(C)CC(=O)Nc3c(Cl)cccc3Cl)c2cc1Cl. The molecule has 1 N–H and O–H groups in total. The van der Waals surface area contributed by atoms with Crippen LogP contribution in [0.3, 0.4) is 0 Å². The highest BCUT2D eigenvalue weighted by molar-refractivity contribution is 6.39. The first kappa shape index (κ1) is 21.7. The summed E-state index contributed by atoms with van der Waals surface area (Å²) in [5.41, 5.74) is 2.04. The molecule has 0 saturated heterocycles. The first-order chi connectivity index (χ1) is 13.8. The van der Waals surface area contributed by atoms with E-state index in [4.69, 9.17) is 39.2 Å². The smallest absolute Gasteiger partial charge is 0.336 e. The zero-order valence-corrected chi connectivity index (χ0v) is 18.2. The van der Waals surface area contributed by atoms with Gasteiger partial charge >= 0.3 is 5.63 Å². The van der Waals surface area contributed by atoms with Gasteiger partial charge in [-0.1, -0.05) is 47.8 Å². The summed E-state index contributed by atoms with van der Waals surface area (Å²) in [7, 11) is 1.77. The second-order valence-electron chi connectivity index (χ2n) is 6.70. The van der Waals surface area contributed by atoms with E-state index >= 15 is 0 Å². The molecule has 8 heteroatoms. The van der Waals surface area contributed by atoms with Gasteiger partial charge in [0, 0.05) is 23.0 Å². The van der Waals surface area contributed by atoms with Gasteiger partial charge in [-0.15, -0.1) is 0 Å². The summed E-state index contributed by atoms with van der Waals surface area (Å²) >= 11 is 18.5. The number of carbonyl (C=O) groups excluding carboxylic acids is 1. The molecule has 0 atom stereocenters. The summed E-state index contributed by atoms with van der Waals surface area (Å²) in [5.74, 6) is -0.277. The van der Waals surface area contributed by atoms with E-state index in [1.807, 2.05) is 6.92 Å². The van der Waals surface area contributed by atoms with Crippen LogP contribution in [0.25, 0.3) is 11.0 Å². The number of anilines is 1. The van der Waals surface area contributed by atoms with Gasteiger partial charge in [-0.2, -0.15) is 0 Å². The topological polar surface area (TPSA) is 62.6 Å². The number of rotatable bonds is 6. The van der Waals surface area contributed by atoms with Crippen LogP contribution in [0, 0.1) is 0 Å². The number of likely N-dealkylation sites (N-methyl/N-ethyl adjacent to an activating group) is 1. The molecule has 0 bridgehead atoms. The lowest BCUT2D eigenvalue weighted by Gasteiger charge is -2.18. The predicted molar refractivity (Wildman–Crippen MR) is 118 cm³/mol. The van der Waals surface area contributed by atoms with Gasteiger partial charge in [0.2, 0.25) is 5.91 Å². The number of amides is 1. The third-order valence-electron chi connectivity index (χ3n) is 4.46. The molecule has 0 aliphatic rings. The molecule has 0 aliphatic heterocycles. The van der Waals surface area contributed by atoms with Crippen molar-refractivity contribution in [3.8, 4) is 0 Å². The van der Waals surface area contributed by atoms with E-state index in [2.05, 4.69) is 5.32 Å². The molecule has 3 rings (SSSR count). The quantitative estimate of drug-likeness (QED) is 0.509. The maximum atomic E-state index is 12.4. The van der Waals surface area contributed by atoms with Crippen LogP contribution in [0.15, 0.2) is 45.6 Å².